The number of nitrogens with zero attached hydrogens (tertiary/aromatic N) is 2. The van der Waals surface area contributed by atoms with E-state index in [-0.39, 0.29) is 5.88 Å². The lowest BCUT2D eigenvalue weighted by Gasteiger charge is -2.00. The van der Waals surface area contributed by atoms with Crippen molar-refractivity contribution in [2.45, 2.75) is 32.6 Å². The number of aromatic nitrogens is 2. The molecule has 0 bridgehead atoms. The van der Waals surface area contributed by atoms with E-state index in [2.05, 4.69) is 16.9 Å². The first kappa shape index (κ1) is 9.77. The standard InChI is InChI=1S/C9H15N3O/c1-2-3-4-5-8-11-7(10)6-9(13)12-8/h6H,2-5H2,1H3,(H3,10,11,12,13). The van der Waals surface area contributed by atoms with E-state index >= 15 is 0 Å². The first-order chi connectivity index (χ1) is 6.22. The van der Waals surface area contributed by atoms with E-state index in [4.69, 9.17) is 10.8 Å². The van der Waals surface area contributed by atoms with E-state index < -0.39 is 0 Å². The Hall–Kier alpha value is -1.32. The average molecular weight is 181 g/mol. The minimum atomic E-state index is -0.0426. The number of hydrogen-bond donors (Lipinski definition) is 2. The molecule has 4 nitrogen and oxygen atoms in total. The lowest BCUT2D eigenvalue weighted by atomic mass is 10.2. The van der Waals surface area contributed by atoms with E-state index in [1.54, 1.807) is 0 Å². The molecule has 3 N–H and O–H groups in total. The molecule has 1 aromatic rings. The van der Waals surface area contributed by atoms with E-state index in [1.807, 2.05) is 0 Å². The minimum absolute atomic E-state index is 0.0426. The van der Waals surface area contributed by atoms with E-state index in [0.717, 1.165) is 25.7 Å². The monoisotopic (exact) mass is 181 g/mol. The first-order valence-corrected chi connectivity index (χ1v) is 4.54. The zero-order valence-corrected chi connectivity index (χ0v) is 7.82. The topological polar surface area (TPSA) is 72.0 Å². The molecule has 0 atom stereocenters. The highest BCUT2D eigenvalue weighted by molar-refractivity contribution is 5.31. The summed E-state index contributed by atoms with van der Waals surface area (Å²) in [6, 6.07) is 1.35. The maximum atomic E-state index is 9.12. The van der Waals surface area contributed by atoms with Gasteiger partial charge in [-0.1, -0.05) is 19.8 Å². The number of nitrogens with two attached hydrogens (primary N) is 1. The average Bonchev–Trinajstić information content (AvgIpc) is 2.03. The summed E-state index contributed by atoms with van der Waals surface area (Å²) in [5.41, 5.74) is 5.45. The van der Waals surface area contributed by atoms with Crippen LogP contribution in [0.15, 0.2) is 6.07 Å². The number of aryl methyl sites for hydroxylation is 1. The summed E-state index contributed by atoms with van der Waals surface area (Å²) in [5.74, 6) is 0.920. The van der Waals surface area contributed by atoms with Crippen LogP contribution in [0.1, 0.15) is 32.0 Å². The van der Waals surface area contributed by atoms with Gasteiger partial charge >= 0.3 is 0 Å². The predicted molar refractivity (Wildman–Crippen MR) is 51.3 cm³/mol. The second-order valence-electron chi connectivity index (χ2n) is 3.02. The Morgan fingerprint density at radius 2 is 2.15 bits per heavy atom. The molecule has 0 amide bonds. The van der Waals surface area contributed by atoms with Gasteiger partial charge in [0, 0.05) is 12.5 Å². The van der Waals surface area contributed by atoms with Crippen LogP contribution < -0.4 is 5.73 Å². The third-order valence-electron chi connectivity index (χ3n) is 1.78. The predicted octanol–water partition coefficient (Wildman–Crippen LogP) is 1.50. The molecular formula is C9H15N3O. The molecule has 4 heteroatoms. The number of hydrogen-bond acceptors (Lipinski definition) is 4. The van der Waals surface area contributed by atoms with Crippen molar-refractivity contribution in [2.75, 3.05) is 5.73 Å². The van der Waals surface area contributed by atoms with E-state index in [1.165, 1.54) is 6.07 Å². The van der Waals surface area contributed by atoms with Crippen molar-refractivity contribution >= 4 is 5.82 Å². The van der Waals surface area contributed by atoms with Crippen molar-refractivity contribution in [2.24, 2.45) is 0 Å². The number of unbranched alkanes of at least 4 members (excludes halogenated alkanes) is 2. The van der Waals surface area contributed by atoms with Gasteiger partial charge in [-0.15, -0.1) is 0 Å². The number of rotatable bonds is 4. The second kappa shape index (κ2) is 4.64. The summed E-state index contributed by atoms with van der Waals surface area (Å²) in [6.45, 7) is 2.14. The van der Waals surface area contributed by atoms with Crippen molar-refractivity contribution in [3.8, 4) is 5.88 Å². The van der Waals surface area contributed by atoms with Crippen molar-refractivity contribution in [1.82, 2.24) is 9.97 Å². The van der Waals surface area contributed by atoms with Crippen molar-refractivity contribution < 1.29 is 5.11 Å². The van der Waals surface area contributed by atoms with Gasteiger partial charge in [0.05, 0.1) is 0 Å². The molecule has 0 aliphatic rings. The van der Waals surface area contributed by atoms with Gasteiger partial charge < -0.3 is 10.8 Å². The van der Waals surface area contributed by atoms with Crippen LogP contribution in [0.4, 0.5) is 5.82 Å². The molecule has 0 saturated carbocycles. The van der Waals surface area contributed by atoms with Gasteiger partial charge in [0.15, 0.2) is 0 Å². The van der Waals surface area contributed by atoms with Crippen LogP contribution in [0.25, 0.3) is 0 Å². The first-order valence-electron chi connectivity index (χ1n) is 4.54. The third kappa shape index (κ3) is 3.27. The molecule has 13 heavy (non-hydrogen) atoms. The Bertz CT molecular complexity index is 255. The molecule has 0 fully saturated rings. The third-order valence-corrected chi connectivity index (χ3v) is 1.78. The molecule has 0 unspecified atom stereocenters. The van der Waals surface area contributed by atoms with Crippen LogP contribution >= 0.6 is 0 Å². The highest BCUT2D eigenvalue weighted by atomic mass is 16.3. The van der Waals surface area contributed by atoms with Gasteiger partial charge in [0.25, 0.3) is 0 Å². The maximum Gasteiger partial charge on any atom is 0.216 e. The van der Waals surface area contributed by atoms with Crippen LogP contribution in [-0.4, -0.2) is 15.1 Å². The number of anilines is 1. The molecule has 72 valence electrons. The number of nitrogen functional groups attached to an aromatic ring is 1. The Morgan fingerprint density at radius 1 is 1.38 bits per heavy atom. The maximum absolute atomic E-state index is 9.12. The molecule has 0 aliphatic heterocycles. The summed E-state index contributed by atoms with van der Waals surface area (Å²) >= 11 is 0. The fourth-order valence-electron chi connectivity index (χ4n) is 1.15. The lowest BCUT2D eigenvalue weighted by molar-refractivity contribution is 0.448. The highest BCUT2D eigenvalue weighted by Gasteiger charge is 2.00. The van der Waals surface area contributed by atoms with E-state index in [9.17, 15) is 0 Å². The van der Waals surface area contributed by atoms with Gasteiger partial charge in [-0.3, -0.25) is 0 Å². The molecular weight excluding hydrogens is 166 g/mol. The van der Waals surface area contributed by atoms with Gasteiger partial charge in [-0.05, 0) is 6.42 Å². The summed E-state index contributed by atoms with van der Waals surface area (Å²) < 4.78 is 0. The fraction of sp³-hybridized carbons (Fsp3) is 0.556. The molecule has 1 aromatic heterocycles. The van der Waals surface area contributed by atoms with Crippen molar-refractivity contribution in [1.29, 1.82) is 0 Å². The Labute approximate surface area is 77.8 Å². The van der Waals surface area contributed by atoms with Gasteiger partial charge in [-0.2, -0.15) is 4.98 Å². The molecule has 0 aromatic carbocycles. The smallest absolute Gasteiger partial charge is 0.216 e. The van der Waals surface area contributed by atoms with Crippen LogP contribution in [0.2, 0.25) is 0 Å². The summed E-state index contributed by atoms with van der Waals surface area (Å²) in [5, 5.41) is 9.12. The largest absolute Gasteiger partial charge is 0.493 e. The zero-order valence-electron chi connectivity index (χ0n) is 7.82. The normalized spacial score (nSPS) is 10.2. The fourth-order valence-corrected chi connectivity index (χ4v) is 1.15. The van der Waals surface area contributed by atoms with Crippen LogP contribution in [0.3, 0.4) is 0 Å². The number of aromatic hydroxyl groups is 1. The SMILES string of the molecule is CCCCCc1nc(N)cc(O)n1. The summed E-state index contributed by atoms with van der Waals surface area (Å²) in [7, 11) is 0. The zero-order chi connectivity index (χ0) is 9.68. The van der Waals surface area contributed by atoms with Crippen LogP contribution in [-0.2, 0) is 6.42 Å². The molecule has 1 rings (SSSR count). The van der Waals surface area contributed by atoms with Crippen molar-refractivity contribution in [3.05, 3.63) is 11.9 Å². The van der Waals surface area contributed by atoms with Crippen molar-refractivity contribution in [3.63, 3.8) is 0 Å². The lowest BCUT2D eigenvalue weighted by Crippen LogP contribution is -1.99. The summed E-state index contributed by atoms with van der Waals surface area (Å²) in [6.07, 6.45) is 4.14. The second-order valence-corrected chi connectivity index (χ2v) is 3.02. The Morgan fingerprint density at radius 3 is 2.77 bits per heavy atom. The molecule has 0 saturated heterocycles. The van der Waals surface area contributed by atoms with Gasteiger partial charge in [0.2, 0.25) is 5.88 Å². The van der Waals surface area contributed by atoms with Gasteiger partial charge in [0.1, 0.15) is 11.6 Å². The van der Waals surface area contributed by atoms with E-state index in [0.29, 0.717) is 11.6 Å². The quantitative estimate of drug-likeness (QED) is 0.690. The molecule has 0 radical (unpaired) electrons. The molecule has 1 heterocycles. The molecule has 0 spiro atoms. The summed E-state index contributed by atoms with van der Waals surface area (Å²) in [4.78, 5) is 7.88. The van der Waals surface area contributed by atoms with Gasteiger partial charge in [-0.25, -0.2) is 4.98 Å². The Kier molecular flexibility index (Phi) is 3.49. The van der Waals surface area contributed by atoms with Crippen LogP contribution in [0.5, 0.6) is 5.88 Å². The van der Waals surface area contributed by atoms with Crippen LogP contribution in [0, 0.1) is 0 Å². The Balaban J connectivity index is 2.56. The minimum Gasteiger partial charge on any atom is -0.493 e. The molecule has 0 aliphatic carbocycles. The highest BCUT2D eigenvalue weighted by Crippen LogP contribution is 2.10.